The first kappa shape index (κ1) is 15.8. The third-order valence-corrected chi connectivity index (χ3v) is 3.65. The summed E-state index contributed by atoms with van der Waals surface area (Å²) in [7, 11) is 1.71. The topological polar surface area (TPSA) is 58.9 Å². The van der Waals surface area contributed by atoms with Crippen LogP contribution in [0.25, 0.3) is 0 Å². The second-order valence-electron chi connectivity index (χ2n) is 5.08. The van der Waals surface area contributed by atoms with Crippen molar-refractivity contribution in [3.05, 3.63) is 23.8 Å². The molecule has 2 atom stereocenters. The third kappa shape index (κ3) is 4.40. The molecule has 4 heteroatoms. The first-order valence-electron chi connectivity index (χ1n) is 6.56. The van der Waals surface area contributed by atoms with Crippen LogP contribution in [0.5, 0.6) is 11.5 Å². The van der Waals surface area contributed by atoms with E-state index in [1.165, 1.54) is 31.0 Å². The molecule has 2 rings (SSSR count). The summed E-state index contributed by atoms with van der Waals surface area (Å²) >= 11 is 0. The van der Waals surface area contributed by atoms with Crippen molar-refractivity contribution >= 4 is 0 Å². The quantitative estimate of drug-likeness (QED) is 0.768. The number of rotatable bonds is 1. The van der Waals surface area contributed by atoms with Crippen LogP contribution in [0.2, 0.25) is 0 Å². The van der Waals surface area contributed by atoms with E-state index in [2.05, 4.69) is 6.92 Å². The summed E-state index contributed by atoms with van der Waals surface area (Å²) in [6.07, 6.45) is 2.38. The lowest BCUT2D eigenvalue weighted by Gasteiger charge is -2.37. The number of phenolic OH excluding ortho intramolecular Hbond substituents is 2. The van der Waals surface area contributed by atoms with Crippen molar-refractivity contribution in [1.29, 1.82) is 0 Å². The summed E-state index contributed by atoms with van der Waals surface area (Å²) in [4.78, 5) is 0. The Morgan fingerprint density at radius 1 is 1.37 bits per heavy atom. The van der Waals surface area contributed by atoms with Crippen molar-refractivity contribution in [2.24, 2.45) is 5.92 Å². The van der Waals surface area contributed by atoms with Gasteiger partial charge in [-0.15, -0.1) is 0 Å². The normalized spacial score (nSPS) is 26.4. The smallest absolute Gasteiger partial charge is 0.167 e. The summed E-state index contributed by atoms with van der Waals surface area (Å²) in [6.45, 7) is 6.75. The molecule has 2 N–H and O–H groups in total. The van der Waals surface area contributed by atoms with Gasteiger partial charge >= 0.3 is 0 Å². The van der Waals surface area contributed by atoms with Crippen LogP contribution in [0.3, 0.4) is 0 Å². The average molecular weight is 268 g/mol. The molecular weight excluding hydrogens is 244 g/mol. The van der Waals surface area contributed by atoms with E-state index in [0.717, 1.165) is 6.61 Å². The monoisotopic (exact) mass is 268 g/mol. The van der Waals surface area contributed by atoms with Crippen molar-refractivity contribution in [1.82, 2.24) is 0 Å². The number of hydrogen-bond donors (Lipinski definition) is 2. The zero-order valence-electron chi connectivity index (χ0n) is 12.1. The minimum absolute atomic E-state index is 0.185. The van der Waals surface area contributed by atoms with E-state index in [-0.39, 0.29) is 17.3 Å². The molecule has 1 aliphatic rings. The van der Waals surface area contributed by atoms with E-state index in [9.17, 15) is 0 Å². The van der Waals surface area contributed by atoms with Gasteiger partial charge in [-0.3, -0.25) is 0 Å². The van der Waals surface area contributed by atoms with E-state index in [1.54, 1.807) is 14.0 Å². The standard InChI is InChI=1S/C8H16O2.C7H8O2/c1-7-5-4-6-10-8(7,2)9-3;1-5-4-6(8)2-3-7(5)9/h7H,4-6H2,1-3H3;2-4,8-9H,1H3. The molecule has 0 radical (unpaired) electrons. The van der Waals surface area contributed by atoms with Crippen molar-refractivity contribution in [3.8, 4) is 11.5 Å². The Bertz CT molecular complexity index is 405. The highest BCUT2D eigenvalue weighted by Gasteiger charge is 2.34. The van der Waals surface area contributed by atoms with Crippen LogP contribution in [0.15, 0.2) is 18.2 Å². The lowest BCUT2D eigenvalue weighted by atomic mass is 9.94. The summed E-state index contributed by atoms with van der Waals surface area (Å²) in [6, 6.07) is 4.42. The number of hydrogen-bond acceptors (Lipinski definition) is 4. The van der Waals surface area contributed by atoms with Crippen LogP contribution >= 0.6 is 0 Å². The molecule has 0 saturated carbocycles. The Morgan fingerprint density at radius 2 is 2.05 bits per heavy atom. The highest BCUT2D eigenvalue weighted by molar-refractivity contribution is 5.37. The van der Waals surface area contributed by atoms with Crippen molar-refractivity contribution in [3.63, 3.8) is 0 Å². The molecule has 0 amide bonds. The number of benzene rings is 1. The first-order chi connectivity index (χ1) is 8.89. The number of aromatic hydroxyl groups is 2. The van der Waals surface area contributed by atoms with Gasteiger partial charge in [0, 0.05) is 13.0 Å². The molecule has 1 aromatic rings. The molecular formula is C15H24O4. The molecule has 19 heavy (non-hydrogen) atoms. The predicted molar refractivity (Wildman–Crippen MR) is 74.3 cm³/mol. The Labute approximate surface area is 115 Å². The molecule has 108 valence electrons. The lowest BCUT2D eigenvalue weighted by Crippen LogP contribution is -2.41. The second kappa shape index (κ2) is 6.78. The molecule has 0 aromatic heterocycles. The van der Waals surface area contributed by atoms with E-state index >= 15 is 0 Å². The first-order valence-corrected chi connectivity index (χ1v) is 6.56. The Hall–Kier alpha value is -1.26. The van der Waals surface area contributed by atoms with Gasteiger partial charge in [0.05, 0.1) is 6.61 Å². The SMILES string of the molecule is COC1(C)OCCCC1C.Cc1cc(O)ccc1O. The highest BCUT2D eigenvalue weighted by Crippen LogP contribution is 2.30. The van der Waals surface area contributed by atoms with E-state index in [1.807, 2.05) is 6.92 Å². The van der Waals surface area contributed by atoms with Crippen LogP contribution in [0, 0.1) is 12.8 Å². The molecule has 1 fully saturated rings. The number of aryl methyl sites for hydroxylation is 1. The maximum Gasteiger partial charge on any atom is 0.167 e. The molecule has 1 saturated heterocycles. The van der Waals surface area contributed by atoms with Gasteiger partial charge in [0.2, 0.25) is 0 Å². The summed E-state index contributed by atoms with van der Waals surface area (Å²) < 4.78 is 10.8. The average Bonchev–Trinajstić information content (AvgIpc) is 2.39. The van der Waals surface area contributed by atoms with Crippen LogP contribution < -0.4 is 0 Å². The molecule has 0 spiro atoms. The largest absolute Gasteiger partial charge is 0.508 e. The molecule has 0 aliphatic carbocycles. The maximum atomic E-state index is 8.93. The van der Waals surface area contributed by atoms with Gasteiger partial charge in [-0.05, 0) is 50.5 Å². The minimum atomic E-state index is -0.321. The van der Waals surface area contributed by atoms with Crippen LogP contribution in [-0.2, 0) is 9.47 Å². The molecule has 1 aliphatic heterocycles. The van der Waals surface area contributed by atoms with Crippen LogP contribution in [0.1, 0.15) is 32.3 Å². The molecule has 1 heterocycles. The maximum absolute atomic E-state index is 8.93. The fourth-order valence-electron chi connectivity index (χ4n) is 1.97. The van der Waals surface area contributed by atoms with Crippen molar-refractivity contribution < 1.29 is 19.7 Å². The number of phenols is 2. The second-order valence-corrected chi connectivity index (χ2v) is 5.08. The zero-order chi connectivity index (χ0) is 14.5. The lowest BCUT2D eigenvalue weighted by molar-refractivity contribution is -0.256. The van der Waals surface area contributed by atoms with Gasteiger partial charge < -0.3 is 19.7 Å². The van der Waals surface area contributed by atoms with Crippen LogP contribution in [0.4, 0.5) is 0 Å². The summed E-state index contributed by atoms with van der Waals surface area (Å²) in [5.41, 5.74) is 0.690. The Morgan fingerprint density at radius 3 is 2.47 bits per heavy atom. The molecule has 0 bridgehead atoms. The Balaban J connectivity index is 0.000000191. The zero-order valence-corrected chi connectivity index (χ0v) is 12.1. The molecule has 2 unspecified atom stereocenters. The summed E-state index contributed by atoms with van der Waals surface area (Å²) in [5, 5.41) is 17.8. The van der Waals surface area contributed by atoms with Crippen molar-refractivity contribution in [2.45, 2.75) is 39.4 Å². The van der Waals surface area contributed by atoms with E-state index in [0.29, 0.717) is 11.5 Å². The van der Waals surface area contributed by atoms with Gasteiger partial charge in [-0.25, -0.2) is 0 Å². The van der Waals surface area contributed by atoms with Gasteiger partial charge in [-0.2, -0.15) is 0 Å². The van der Waals surface area contributed by atoms with Gasteiger partial charge in [-0.1, -0.05) is 6.92 Å². The number of ether oxygens (including phenoxy) is 2. The fourth-order valence-corrected chi connectivity index (χ4v) is 1.97. The fraction of sp³-hybridized carbons (Fsp3) is 0.600. The van der Waals surface area contributed by atoms with E-state index in [4.69, 9.17) is 19.7 Å². The van der Waals surface area contributed by atoms with E-state index < -0.39 is 0 Å². The summed E-state index contributed by atoms with van der Waals surface area (Å²) in [5.74, 6) is 0.600. The third-order valence-electron chi connectivity index (χ3n) is 3.65. The van der Waals surface area contributed by atoms with Gasteiger partial charge in [0.1, 0.15) is 11.5 Å². The van der Waals surface area contributed by atoms with Crippen molar-refractivity contribution in [2.75, 3.05) is 13.7 Å². The number of methoxy groups -OCH3 is 1. The van der Waals surface area contributed by atoms with Gasteiger partial charge in [0.25, 0.3) is 0 Å². The minimum Gasteiger partial charge on any atom is -0.508 e. The van der Waals surface area contributed by atoms with Gasteiger partial charge in [0.15, 0.2) is 5.79 Å². The Kier molecular flexibility index (Phi) is 5.63. The van der Waals surface area contributed by atoms with Crippen LogP contribution in [-0.4, -0.2) is 29.7 Å². The predicted octanol–water partition coefficient (Wildman–Crippen LogP) is 3.20. The molecule has 1 aromatic carbocycles. The molecule has 4 nitrogen and oxygen atoms in total. The highest BCUT2D eigenvalue weighted by atomic mass is 16.7.